The smallest absolute Gasteiger partial charge is 0.244 e. The van der Waals surface area contributed by atoms with Crippen molar-refractivity contribution in [2.24, 2.45) is 0 Å². The summed E-state index contributed by atoms with van der Waals surface area (Å²) in [5.74, 6) is -0.836. The molecule has 0 heterocycles. The molecule has 3 aromatic rings. The predicted molar refractivity (Wildman–Crippen MR) is 162 cm³/mol. The molecule has 3 aromatic carbocycles. The first kappa shape index (κ1) is 31.5. The van der Waals surface area contributed by atoms with Crippen LogP contribution in [0.2, 0.25) is 10.0 Å². The van der Waals surface area contributed by atoms with Crippen molar-refractivity contribution < 1.29 is 18.0 Å². The number of nitrogens with zero attached hydrogens (tertiary/aromatic N) is 2. The van der Waals surface area contributed by atoms with E-state index < -0.39 is 28.5 Å². The largest absolute Gasteiger partial charge is 0.354 e. The second-order valence-corrected chi connectivity index (χ2v) is 12.5. The number of nitrogens with one attached hydrogen (secondary N) is 1. The third kappa shape index (κ3) is 8.98. The Hall–Kier alpha value is -3.07. The van der Waals surface area contributed by atoms with E-state index in [0.717, 1.165) is 40.1 Å². The number of rotatable bonds is 13. The summed E-state index contributed by atoms with van der Waals surface area (Å²) >= 11 is 12.4. The molecule has 0 unspecified atom stereocenters. The fraction of sp³-hybridized carbons (Fsp3) is 0.333. The molecule has 0 saturated heterocycles. The molecule has 0 aromatic heterocycles. The van der Waals surface area contributed by atoms with Gasteiger partial charge >= 0.3 is 0 Å². The standard InChI is InChI=1S/C30H35Cl2N3O4S/c1-4-5-17-33-30(37)28(18-23-9-7-6-8-10-23)34(20-24-13-11-22(2)12-14-24)29(36)21-35(40(3,38)39)27-16-15-25(31)19-26(27)32/h6-16,19,28H,4-5,17-18,20-21H2,1-3H3,(H,33,37)/t28-/m1/s1. The van der Waals surface area contributed by atoms with Gasteiger partial charge in [-0.2, -0.15) is 0 Å². The van der Waals surface area contributed by atoms with Crippen LogP contribution in [0.4, 0.5) is 5.69 Å². The molecule has 0 aliphatic heterocycles. The van der Waals surface area contributed by atoms with Crippen molar-refractivity contribution in [3.8, 4) is 0 Å². The minimum atomic E-state index is -3.93. The summed E-state index contributed by atoms with van der Waals surface area (Å²) in [6.45, 7) is 4.04. The SMILES string of the molecule is CCCCNC(=O)[C@@H](Cc1ccccc1)N(Cc1ccc(C)cc1)C(=O)CN(c1ccc(Cl)cc1Cl)S(C)(=O)=O. The summed E-state index contributed by atoms with van der Waals surface area (Å²) in [4.78, 5) is 29.1. The lowest BCUT2D eigenvalue weighted by Gasteiger charge is -2.33. The van der Waals surface area contributed by atoms with E-state index in [1.54, 1.807) is 0 Å². The minimum absolute atomic E-state index is 0.0916. The van der Waals surface area contributed by atoms with E-state index in [1.165, 1.54) is 23.1 Å². The Balaban J connectivity index is 2.04. The zero-order chi connectivity index (χ0) is 29.3. The van der Waals surface area contributed by atoms with Gasteiger partial charge in [-0.25, -0.2) is 8.42 Å². The topological polar surface area (TPSA) is 86.8 Å². The Labute approximate surface area is 247 Å². The number of sulfonamides is 1. The van der Waals surface area contributed by atoms with Gasteiger partial charge in [0.1, 0.15) is 12.6 Å². The first-order valence-corrected chi connectivity index (χ1v) is 15.7. The van der Waals surface area contributed by atoms with Crippen LogP contribution >= 0.6 is 23.2 Å². The molecule has 1 atom stereocenters. The van der Waals surface area contributed by atoms with Crippen LogP contribution in [0.25, 0.3) is 0 Å². The summed E-state index contributed by atoms with van der Waals surface area (Å²) in [7, 11) is -3.93. The van der Waals surface area contributed by atoms with Crippen LogP contribution in [0.1, 0.15) is 36.5 Å². The number of amides is 2. The molecule has 0 aliphatic rings. The Bertz CT molecular complexity index is 1400. The number of benzene rings is 3. The van der Waals surface area contributed by atoms with Crippen molar-refractivity contribution in [2.75, 3.05) is 23.7 Å². The number of unbranched alkanes of at least 4 members (excludes halogenated alkanes) is 1. The first-order valence-electron chi connectivity index (χ1n) is 13.1. The molecule has 2 amide bonds. The molecule has 10 heteroatoms. The number of anilines is 1. The zero-order valence-electron chi connectivity index (χ0n) is 22.9. The van der Waals surface area contributed by atoms with E-state index in [4.69, 9.17) is 23.2 Å². The van der Waals surface area contributed by atoms with Crippen LogP contribution in [0, 0.1) is 6.92 Å². The maximum Gasteiger partial charge on any atom is 0.244 e. The second-order valence-electron chi connectivity index (χ2n) is 9.72. The molecule has 0 aliphatic carbocycles. The Kier molecular flexibility index (Phi) is 11.4. The summed E-state index contributed by atoms with van der Waals surface area (Å²) in [5.41, 5.74) is 2.87. The Morgan fingerprint density at radius 1 is 0.950 bits per heavy atom. The number of halogens is 2. The number of hydrogen-bond acceptors (Lipinski definition) is 4. The van der Waals surface area contributed by atoms with Crippen molar-refractivity contribution >= 4 is 50.7 Å². The van der Waals surface area contributed by atoms with Gasteiger partial charge in [0.15, 0.2) is 0 Å². The normalized spacial score (nSPS) is 12.0. The molecule has 7 nitrogen and oxygen atoms in total. The van der Waals surface area contributed by atoms with E-state index in [2.05, 4.69) is 5.32 Å². The van der Waals surface area contributed by atoms with Gasteiger partial charge in [0.25, 0.3) is 0 Å². The molecule has 0 radical (unpaired) electrons. The molecule has 214 valence electrons. The number of carbonyl (C=O) groups is 2. The van der Waals surface area contributed by atoms with Crippen LogP contribution in [0.5, 0.6) is 0 Å². The third-order valence-corrected chi connectivity index (χ3v) is 8.10. The molecule has 0 bridgehead atoms. The van der Waals surface area contributed by atoms with Crippen molar-refractivity contribution in [1.82, 2.24) is 10.2 Å². The first-order chi connectivity index (χ1) is 19.0. The zero-order valence-corrected chi connectivity index (χ0v) is 25.3. The van der Waals surface area contributed by atoms with Gasteiger partial charge in [-0.05, 0) is 42.7 Å². The number of aryl methyl sites for hydroxylation is 1. The lowest BCUT2D eigenvalue weighted by atomic mass is 10.0. The molecular weight excluding hydrogens is 569 g/mol. The molecule has 1 N–H and O–H groups in total. The van der Waals surface area contributed by atoms with E-state index in [-0.39, 0.29) is 29.6 Å². The maximum absolute atomic E-state index is 14.1. The Morgan fingerprint density at radius 2 is 1.62 bits per heavy atom. The van der Waals surface area contributed by atoms with Crippen LogP contribution in [-0.4, -0.2) is 50.5 Å². The maximum atomic E-state index is 14.1. The second kappa shape index (κ2) is 14.5. The van der Waals surface area contributed by atoms with Gasteiger partial charge in [0, 0.05) is 24.5 Å². The van der Waals surface area contributed by atoms with Crippen LogP contribution in [0.15, 0.2) is 72.8 Å². The fourth-order valence-electron chi connectivity index (χ4n) is 4.23. The molecule has 40 heavy (non-hydrogen) atoms. The van der Waals surface area contributed by atoms with Gasteiger partial charge in [0.05, 0.1) is 17.0 Å². The summed E-state index contributed by atoms with van der Waals surface area (Å²) in [6.07, 6.45) is 2.97. The predicted octanol–water partition coefficient (Wildman–Crippen LogP) is 5.62. The lowest BCUT2D eigenvalue weighted by molar-refractivity contribution is -0.140. The highest BCUT2D eigenvalue weighted by atomic mass is 35.5. The van der Waals surface area contributed by atoms with E-state index >= 15 is 0 Å². The summed E-state index contributed by atoms with van der Waals surface area (Å²) in [5, 5.41) is 3.39. The van der Waals surface area contributed by atoms with E-state index in [9.17, 15) is 18.0 Å². The van der Waals surface area contributed by atoms with Crippen molar-refractivity contribution in [3.63, 3.8) is 0 Å². The van der Waals surface area contributed by atoms with Crippen molar-refractivity contribution in [3.05, 3.63) is 99.5 Å². The lowest BCUT2D eigenvalue weighted by Crippen LogP contribution is -2.53. The molecule has 0 saturated carbocycles. The third-order valence-electron chi connectivity index (χ3n) is 6.43. The van der Waals surface area contributed by atoms with Gasteiger partial charge in [0.2, 0.25) is 21.8 Å². The number of hydrogen-bond donors (Lipinski definition) is 1. The van der Waals surface area contributed by atoms with Gasteiger partial charge < -0.3 is 10.2 Å². The molecule has 0 fully saturated rings. The monoisotopic (exact) mass is 603 g/mol. The van der Waals surface area contributed by atoms with Crippen LogP contribution < -0.4 is 9.62 Å². The minimum Gasteiger partial charge on any atom is -0.354 e. The van der Waals surface area contributed by atoms with Gasteiger partial charge in [-0.3, -0.25) is 13.9 Å². The van der Waals surface area contributed by atoms with E-state index in [0.29, 0.717) is 11.6 Å². The van der Waals surface area contributed by atoms with Crippen LogP contribution in [0.3, 0.4) is 0 Å². The highest BCUT2D eigenvalue weighted by Gasteiger charge is 2.33. The average molecular weight is 605 g/mol. The van der Waals surface area contributed by atoms with Gasteiger partial charge in [-0.1, -0.05) is 96.7 Å². The van der Waals surface area contributed by atoms with E-state index in [1.807, 2.05) is 68.4 Å². The molecule has 3 rings (SSSR count). The van der Waals surface area contributed by atoms with Crippen molar-refractivity contribution in [1.29, 1.82) is 0 Å². The summed E-state index contributed by atoms with van der Waals surface area (Å²) < 4.78 is 26.7. The van der Waals surface area contributed by atoms with Crippen LogP contribution in [-0.2, 0) is 32.6 Å². The molecular formula is C30H35Cl2N3O4S. The highest BCUT2D eigenvalue weighted by Crippen LogP contribution is 2.30. The summed E-state index contributed by atoms with van der Waals surface area (Å²) in [6, 6.07) is 20.6. The quantitative estimate of drug-likeness (QED) is 0.257. The fourth-order valence-corrected chi connectivity index (χ4v) is 5.65. The highest BCUT2D eigenvalue weighted by molar-refractivity contribution is 7.92. The average Bonchev–Trinajstić information content (AvgIpc) is 2.90. The van der Waals surface area contributed by atoms with Gasteiger partial charge in [-0.15, -0.1) is 0 Å². The van der Waals surface area contributed by atoms with Crippen molar-refractivity contribution in [2.45, 2.75) is 45.7 Å². The number of carbonyl (C=O) groups excluding carboxylic acids is 2. The molecule has 0 spiro atoms. The Morgan fingerprint density at radius 3 is 2.23 bits per heavy atom.